The Hall–Kier alpha value is -1.83. The molecule has 0 aliphatic carbocycles. The third-order valence-corrected chi connectivity index (χ3v) is 2.39. The minimum atomic E-state index is -0.399. The van der Waals surface area contributed by atoms with Crippen LogP contribution in [0.25, 0.3) is 11.1 Å². The summed E-state index contributed by atoms with van der Waals surface area (Å²) in [6.07, 6.45) is 0. The van der Waals surface area contributed by atoms with Crippen LogP contribution in [0.4, 0.5) is 4.39 Å². The molecule has 76 valence electrons. The Morgan fingerprint density at radius 1 is 1.00 bits per heavy atom. The summed E-state index contributed by atoms with van der Waals surface area (Å²) >= 11 is 0. The Morgan fingerprint density at radius 3 is 2.40 bits per heavy atom. The number of phenolic OH excluding ortho intramolecular Hbond substituents is 1. The molecule has 0 atom stereocenters. The molecule has 0 amide bonds. The first-order valence-electron chi connectivity index (χ1n) is 4.73. The van der Waals surface area contributed by atoms with E-state index in [0.717, 1.165) is 17.2 Å². The van der Waals surface area contributed by atoms with Crippen LogP contribution in [0, 0.1) is 12.7 Å². The molecule has 0 aromatic heterocycles. The third kappa shape index (κ3) is 1.84. The molecule has 15 heavy (non-hydrogen) atoms. The molecule has 2 heteroatoms. The number of aryl methyl sites for hydroxylation is 1. The lowest BCUT2D eigenvalue weighted by Crippen LogP contribution is -1.86. The van der Waals surface area contributed by atoms with Crippen molar-refractivity contribution >= 4 is 0 Å². The molecule has 2 rings (SSSR count). The van der Waals surface area contributed by atoms with Crippen molar-refractivity contribution in [1.29, 1.82) is 0 Å². The Balaban J connectivity index is 2.60. The molecule has 0 heterocycles. The molecule has 0 unspecified atom stereocenters. The van der Waals surface area contributed by atoms with E-state index in [1.165, 1.54) is 6.07 Å². The Kier molecular flexibility index (Phi) is 2.42. The maximum atomic E-state index is 13.6. The average molecular weight is 202 g/mol. The molecule has 1 N–H and O–H groups in total. The van der Waals surface area contributed by atoms with Crippen molar-refractivity contribution in [2.24, 2.45) is 0 Å². The number of aromatic hydroxyl groups is 1. The van der Waals surface area contributed by atoms with Gasteiger partial charge in [0.1, 0.15) is 11.6 Å². The van der Waals surface area contributed by atoms with Crippen molar-refractivity contribution in [2.45, 2.75) is 6.92 Å². The molecule has 0 aliphatic heterocycles. The van der Waals surface area contributed by atoms with Crippen LogP contribution in [0.1, 0.15) is 5.56 Å². The minimum absolute atomic E-state index is 0.0511. The van der Waals surface area contributed by atoms with Gasteiger partial charge in [-0.2, -0.15) is 0 Å². The number of halogens is 1. The summed E-state index contributed by atoms with van der Waals surface area (Å²) in [6.45, 7) is 1.93. The quantitative estimate of drug-likeness (QED) is 0.750. The standard InChI is InChI=1S/C13H11FO/c1-9-4-2-3-5-11(9)12-7-6-10(15)8-13(12)14/h2-8,15H,1H3. The summed E-state index contributed by atoms with van der Waals surface area (Å²) in [7, 11) is 0. The molecule has 0 saturated heterocycles. The fraction of sp³-hybridized carbons (Fsp3) is 0.0769. The van der Waals surface area contributed by atoms with Crippen LogP contribution in [0.3, 0.4) is 0 Å². The highest BCUT2D eigenvalue weighted by molar-refractivity contribution is 5.68. The molecular weight excluding hydrogens is 191 g/mol. The van der Waals surface area contributed by atoms with Crippen LogP contribution in [0.5, 0.6) is 5.75 Å². The fourth-order valence-corrected chi connectivity index (χ4v) is 1.60. The maximum absolute atomic E-state index is 13.6. The van der Waals surface area contributed by atoms with Gasteiger partial charge in [-0.1, -0.05) is 24.3 Å². The monoisotopic (exact) mass is 202 g/mol. The van der Waals surface area contributed by atoms with Gasteiger partial charge in [0, 0.05) is 11.6 Å². The van der Waals surface area contributed by atoms with Gasteiger partial charge in [0.25, 0.3) is 0 Å². The zero-order valence-electron chi connectivity index (χ0n) is 8.37. The Labute approximate surface area is 87.8 Å². The van der Waals surface area contributed by atoms with Gasteiger partial charge >= 0.3 is 0 Å². The SMILES string of the molecule is Cc1ccccc1-c1ccc(O)cc1F. The van der Waals surface area contributed by atoms with Gasteiger partial charge in [-0.05, 0) is 30.2 Å². The van der Waals surface area contributed by atoms with Gasteiger partial charge in [0.05, 0.1) is 0 Å². The summed E-state index contributed by atoms with van der Waals surface area (Å²) in [5, 5.41) is 9.11. The summed E-state index contributed by atoms with van der Waals surface area (Å²) < 4.78 is 13.6. The molecule has 0 radical (unpaired) electrons. The zero-order valence-corrected chi connectivity index (χ0v) is 8.37. The molecule has 0 fully saturated rings. The summed E-state index contributed by atoms with van der Waals surface area (Å²) in [4.78, 5) is 0. The normalized spacial score (nSPS) is 10.3. The zero-order chi connectivity index (χ0) is 10.8. The highest BCUT2D eigenvalue weighted by atomic mass is 19.1. The minimum Gasteiger partial charge on any atom is -0.508 e. The molecule has 2 aromatic carbocycles. The largest absolute Gasteiger partial charge is 0.508 e. The van der Waals surface area contributed by atoms with E-state index in [0.29, 0.717) is 5.56 Å². The predicted octanol–water partition coefficient (Wildman–Crippen LogP) is 3.51. The van der Waals surface area contributed by atoms with E-state index in [-0.39, 0.29) is 5.75 Å². The van der Waals surface area contributed by atoms with Gasteiger partial charge in [0.15, 0.2) is 0 Å². The van der Waals surface area contributed by atoms with Gasteiger partial charge in [-0.15, -0.1) is 0 Å². The van der Waals surface area contributed by atoms with Crippen LogP contribution in [0.15, 0.2) is 42.5 Å². The van der Waals surface area contributed by atoms with Crippen LogP contribution >= 0.6 is 0 Å². The Bertz CT molecular complexity index is 492. The van der Waals surface area contributed by atoms with Gasteiger partial charge < -0.3 is 5.11 Å². The second kappa shape index (κ2) is 3.73. The third-order valence-electron chi connectivity index (χ3n) is 2.39. The smallest absolute Gasteiger partial charge is 0.134 e. The lowest BCUT2D eigenvalue weighted by Gasteiger charge is -2.06. The first kappa shape index (κ1) is 9.71. The summed E-state index contributed by atoms with van der Waals surface area (Å²) in [6, 6.07) is 11.8. The van der Waals surface area contributed by atoms with E-state index in [9.17, 15) is 4.39 Å². The van der Waals surface area contributed by atoms with Crippen molar-refractivity contribution in [3.63, 3.8) is 0 Å². The van der Waals surface area contributed by atoms with E-state index in [4.69, 9.17) is 5.11 Å². The summed E-state index contributed by atoms with van der Waals surface area (Å²) in [5.74, 6) is -0.450. The molecule has 2 aromatic rings. The van der Waals surface area contributed by atoms with E-state index >= 15 is 0 Å². The summed E-state index contributed by atoms with van der Waals surface area (Å²) in [5.41, 5.74) is 2.39. The first-order chi connectivity index (χ1) is 7.18. The van der Waals surface area contributed by atoms with Crippen molar-refractivity contribution in [1.82, 2.24) is 0 Å². The van der Waals surface area contributed by atoms with Crippen LogP contribution in [-0.2, 0) is 0 Å². The average Bonchev–Trinajstić information content (AvgIpc) is 2.20. The molecule has 0 bridgehead atoms. The molecule has 1 nitrogen and oxygen atoms in total. The Morgan fingerprint density at radius 2 is 1.73 bits per heavy atom. The van der Waals surface area contributed by atoms with Crippen LogP contribution in [-0.4, -0.2) is 5.11 Å². The number of benzene rings is 2. The lowest BCUT2D eigenvalue weighted by atomic mass is 10.0. The maximum Gasteiger partial charge on any atom is 0.134 e. The lowest BCUT2D eigenvalue weighted by molar-refractivity contribution is 0.469. The van der Waals surface area contributed by atoms with Crippen LogP contribution in [0.2, 0.25) is 0 Å². The fourth-order valence-electron chi connectivity index (χ4n) is 1.60. The molecular formula is C13H11FO. The number of phenols is 1. The van der Waals surface area contributed by atoms with Crippen molar-refractivity contribution < 1.29 is 9.50 Å². The number of rotatable bonds is 1. The van der Waals surface area contributed by atoms with Gasteiger partial charge in [-0.3, -0.25) is 0 Å². The number of hydrogen-bond donors (Lipinski definition) is 1. The van der Waals surface area contributed by atoms with E-state index in [2.05, 4.69) is 0 Å². The van der Waals surface area contributed by atoms with Gasteiger partial charge in [-0.25, -0.2) is 4.39 Å². The highest BCUT2D eigenvalue weighted by Crippen LogP contribution is 2.27. The van der Waals surface area contributed by atoms with Crippen molar-refractivity contribution in [3.8, 4) is 16.9 Å². The van der Waals surface area contributed by atoms with E-state index in [1.807, 2.05) is 31.2 Å². The number of hydrogen-bond acceptors (Lipinski definition) is 1. The second-order valence-electron chi connectivity index (χ2n) is 3.48. The first-order valence-corrected chi connectivity index (χ1v) is 4.73. The van der Waals surface area contributed by atoms with Gasteiger partial charge in [0.2, 0.25) is 0 Å². The van der Waals surface area contributed by atoms with Crippen molar-refractivity contribution in [2.75, 3.05) is 0 Å². The van der Waals surface area contributed by atoms with E-state index < -0.39 is 5.82 Å². The topological polar surface area (TPSA) is 20.2 Å². The molecule has 0 aliphatic rings. The van der Waals surface area contributed by atoms with E-state index in [1.54, 1.807) is 6.07 Å². The second-order valence-corrected chi connectivity index (χ2v) is 3.48. The van der Waals surface area contributed by atoms with Crippen molar-refractivity contribution in [3.05, 3.63) is 53.8 Å². The van der Waals surface area contributed by atoms with Crippen LogP contribution < -0.4 is 0 Å². The highest BCUT2D eigenvalue weighted by Gasteiger charge is 2.07. The molecule has 0 saturated carbocycles. The molecule has 0 spiro atoms. The predicted molar refractivity (Wildman–Crippen MR) is 58.2 cm³/mol.